The molecule has 7 nitrogen and oxygen atoms in total. The normalized spacial score (nSPS) is 33.4. The Morgan fingerprint density at radius 2 is 1.54 bits per heavy atom. The summed E-state index contributed by atoms with van der Waals surface area (Å²) in [7, 11) is 0. The number of nitrogens with zero attached hydrogens (tertiary/aromatic N) is 2. The van der Waals surface area contributed by atoms with Crippen molar-refractivity contribution in [1.82, 2.24) is 20.4 Å². The van der Waals surface area contributed by atoms with Crippen LogP contribution in [0, 0.1) is 0 Å². The fraction of sp³-hybridized carbons (Fsp3) is 0.824. The number of carbonyl (C=O) groups is 3. The molecular formula is C17H26N4O3. The van der Waals surface area contributed by atoms with Gasteiger partial charge in [-0.2, -0.15) is 0 Å². The number of amides is 4. The molecule has 3 aliphatic heterocycles. The molecule has 0 spiro atoms. The molecule has 0 aromatic heterocycles. The highest BCUT2D eigenvalue weighted by Gasteiger charge is 2.51. The molecule has 7 heteroatoms. The summed E-state index contributed by atoms with van der Waals surface area (Å²) in [6.45, 7) is 1.15. The van der Waals surface area contributed by atoms with Crippen LogP contribution in [0.5, 0.6) is 0 Å². The Balaban J connectivity index is 1.35. The SMILES string of the molecule is O=C(NC1CCCCC1)NC1CC2C(=O)N3CCCC3C(=O)N2C1. The summed E-state index contributed by atoms with van der Waals surface area (Å²) in [5, 5.41) is 6.02. The second-order valence-corrected chi connectivity index (χ2v) is 7.58. The minimum absolute atomic E-state index is 0.0640. The van der Waals surface area contributed by atoms with E-state index in [1.165, 1.54) is 19.3 Å². The lowest BCUT2D eigenvalue weighted by Gasteiger charge is -2.38. The van der Waals surface area contributed by atoms with Crippen LogP contribution in [0.1, 0.15) is 51.4 Å². The Labute approximate surface area is 142 Å². The third-order valence-electron chi connectivity index (χ3n) is 5.97. The molecule has 3 saturated heterocycles. The van der Waals surface area contributed by atoms with Crippen LogP contribution in [-0.4, -0.2) is 64.9 Å². The van der Waals surface area contributed by atoms with E-state index in [2.05, 4.69) is 10.6 Å². The van der Waals surface area contributed by atoms with Crippen molar-refractivity contribution in [2.24, 2.45) is 0 Å². The lowest BCUT2D eigenvalue weighted by atomic mass is 9.96. The van der Waals surface area contributed by atoms with Gasteiger partial charge < -0.3 is 20.4 Å². The van der Waals surface area contributed by atoms with E-state index in [1.807, 2.05) is 0 Å². The lowest BCUT2D eigenvalue weighted by molar-refractivity contribution is -0.156. The molecule has 4 fully saturated rings. The highest BCUT2D eigenvalue weighted by Crippen LogP contribution is 2.32. The summed E-state index contributed by atoms with van der Waals surface area (Å²) in [5.41, 5.74) is 0. The maximum Gasteiger partial charge on any atom is 0.315 e. The molecule has 0 radical (unpaired) electrons. The average molecular weight is 334 g/mol. The minimum Gasteiger partial charge on any atom is -0.335 e. The van der Waals surface area contributed by atoms with Gasteiger partial charge in [-0.15, -0.1) is 0 Å². The van der Waals surface area contributed by atoms with Gasteiger partial charge in [0, 0.05) is 19.1 Å². The van der Waals surface area contributed by atoms with E-state index < -0.39 is 0 Å². The van der Waals surface area contributed by atoms with E-state index in [4.69, 9.17) is 0 Å². The van der Waals surface area contributed by atoms with Crippen molar-refractivity contribution in [1.29, 1.82) is 0 Å². The zero-order valence-corrected chi connectivity index (χ0v) is 14.0. The van der Waals surface area contributed by atoms with Gasteiger partial charge in [0.1, 0.15) is 12.1 Å². The quantitative estimate of drug-likeness (QED) is 0.775. The van der Waals surface area contributed by atoms with Crippen LogP contribution in [-0.2, 0) is 9.59 Å². The van der Waals surface area contributed by atoms with Crippen molar-refractivity contribution in [3.63, 3.8) is 0 Å². The molecule has 3 unspecified atom stereocenters. The molecule has 1 saturated carbocycles. The second-order valence-electron chi connectivity index (χ2n) is 7.58. The number of urea groups is 1. The van der Waals surface area contributed by atoms with Crippen molar-refractivity contribution in [3.05, 3.63) is 0 Å². The number of fused-ring (bicyclic) bond motifs is 2. The van der Waals surface area contributed by atoms with Crippen LogP contribution < -0.4 is 10.6 Å². The largest absolute Gasteiger partial charge is 0.335 e. The zero-order chi connectivity index (χ0) is 16.7. The van der Waals surface area contributed by atoms with Crippen molar-refractivity contribution in [2.75, 3.05) is 13.1 Å². The van der Waals surface area contributed by atoms with Gasteiger partial charge in [-0.1, -0.05) is 19.3 Å². The minimum atomic E-state index is -0.383. The summed E-state index contributed by atoms with van der Waals surface area (Å²) in [6.07, 6.45) is 7.89. The predicted molar refractivity (Wildman–Crippen MR) is 87.2 cm³/mol. The topological polar surface area (TPSA) is 81.8 Å². The third kappa shape index (κ3) is 2.74. The number of carbonyl (C=O) groups excluding carboxylic acids is 3. The summed E-state index contributed by atoms with van der Waals surface area (Å²) < 4.78 is 0. The Morgan fingerprint density at radius 3 is 2.33 bits per heavy atom. The highest BCUT2D eigenvalue weighted by atomic mass is 16.2. The summed E-state index contributed by atoms with van der Waals surface area (Å²) in [6, 6.07) is -0.675. The first-order valence-corrected chi connectivity index (χ1v) is 9.31. The number of piperazine rings is 1. The fourth-order valence-electron chi connectivity index (χ4n) is 4.75. The van der Waals surface area contributed by atoms with Crippen molar-refractivity contribution >= 4 is 17.8 Å². The molecule has 4 amide bonds. The molecule has 3 atom stereocenters. The van der Waals surface area contributed by atoms with Gasteiger partial charge in [-0.05, 0) is 32.1 Å². The molecule has 0 aromatic rings. The Kier molecular flexibility index (Phi) is 4.10. The van der Waals surface area contributed by atoms with Gasteiger partial charge in [-0.25, -0.2) is 4.79 Å². The predicted octanol–water partition coefficient (Wildman–Crippen LogP) is 0.592. The third-order valence-corrected chi connectivity index (χ3v) is 5.97. The molecule has 2 N–H and O–H groups in total. The maximum absolute atomic E-state index is 12.6. The fourth-order valence-corrected chi connectivity index (χ4v) is 4.75. The van der Waals surface area contributed by atoms with Crippen LogP contribution in [0.15, 0.2) is 0 Å². The van der Waals surface area contributed by atoms with Gasteiger partial charge in [0.2, 0.25) is 11.8 Å². The monoisotopic (exact) mass is 334 g/mol. The number of rotatable bonds is 2. The van der Waals surface area contributed by atoms with Crippen molar-refractivity contribution < 1.29 is 14.4 Å². The molecule has 0 aromatic carbocycles. The summed E-state index contributed by atoms with van der Waals surface area (Å²) in [5.74, 6) is 0.128. The van der Waals surface area contributed by atoms with E-state index in [1.54, 1.807) is 9.80 Å². The number of hydrogen-bond donors (Lipinski definition) is 2. The number of nitrogens with one attached hydrogen (secondary N) is 2. The van der Waals surface area contributed by atoms with E-state index in [9.17, 15) is 14.4 Å². The van der Waals surface area contributed by atoms with Crippen LogP contribution in [0.3, 0.4) is 0 Å². The highest BCUT2D eigenvalue weighted by molar-refractivity contribution is 5.98. The molecule has 24 heavy (non-hydrogen) atoms. The zero-order valence-electron chi connectivity index (χ0n) is 14.0. The summed E-state index contributed by atoms with van der Waals surface area (Å²) >= 11 is 0. The smallest absolute Gasteiger partial charge is 0.315 e. The molecular weight excluding hydrogens is 308 g/mol. The molecule has 4 aliphatic rings. The molecule has 1 aliphatic carbocycles. The Morgan fingerprint density at radius 1 is 0.833 bits per heavy atom. The van der Waals surface area contributed by atoms with Gasteiger partial charge >= 0.3 is 6.03 Å². The molecule has 4 rings (SSSR count). The van der Waals surface area contributed by atoms with Gasteiger partial charge in [0.05, 0.1) is 6.04 Å². The molecule has 3 heterocycles. The van der Waals surface area contributed by atoms with E-state index in [-0.39, 0.29) is 42.0 Å². The Bertz CT molecular complexity index is 516. The van der Waals surface area contributed by atoms with E-state index in [0.29, 0.717) is 19.5 Å². The second kappa shape index (κ2) is 6.26. The van der Waals surface area contributed by atoms with Gasteiger partial charge in [0.25, 0.3) is 0 Å². The summed E-state index contributed by atoms with van der Waals surface area (Å²) in [4.78, 5) is 40.8. The number of hydrogen-bond acceptors (Lipinski definition) is 3. The molecule has 132 valence electrons. The molecule has 0 bridgehead atoms. The van der Waals surface area contributed by atoms with Crippen LogP contribution in [0.2, 0.25) is 0 Å². The standard InChI is InChI=1S/C17H26N4O3/c22-15-13-7-4-8-20(13)16(23)14-9-12(10-21(14)15)19-17(24)18-11-5-2-1-3-6-11/h11-14H,1-10H2,(H2,18,19,24). The Hall–Kier alpha value is -1.79. The van der Waals surface area contributed by atoms with Crippen LogP contribution in [0.25, 0.3) is 0 Å². The van der Waals surface area contributed by atoms with Gasteiger partial charge in [-0.3, -0.25) is 9.59 Å². The first-order valence-electron chi connectivity index (χ1n) is 9.31. The average Bonchev–Trinajstić information content (AvgIpc) is 3.21. The first kappa shape index (κ1) is 15.7. The van der Waals surface area contributed by atoms with E-state index >= 15 is 0 Å². The van der Waals surface area contributed by atoms with E-state index in [0.717, 1.165) is 25.7 Å². The van der Waals surface area contributed by atoms with Crippen molar-refractivity contribution in [2.45, 2.75) is 75.5 Å². The first-order chi connectivity index (χ1) is 11.6. The van der Waals surface area contributed by atoms with Crippen molar-refractivity contribution in [3.8, 4) is 0 Å². The van der Waals surface area contributed by atoms with Gasteiger partial charge in [0.15, 0.2) is 0 Å². The van der Waals surface area contributed by atoms with Crippen LogP contribution in [0.4, 0.5) is 4.79 Å². The van der Waals surface area contributed by atoms with Crippen LogP contribution >= 0.6 is 0 Å². The maximum atomic E-state index is 12.6. The lowest BCUT2D eigenvalue weighted by Crippen LogP contribution is -2.60.